The number of nitriles is 1. The second kappa shape index (κ2) is 8.17. The minimum Gasteiger partial charge on any atom is -0.497 e. The summed E-state index contributed by atoms with van der Waals surface area (Å²) in [6.07, 6.45) is 1.53. The average molecular weight is 376 g/mol. The van der Waals surface area contributed by atoms with Crippen LogP contribution >= 0.6 is 11.3 Å². The van der Waals surface area contributed by atoms with Gasteiger partial charge in [-0.25, -0.2) is 4.98 Å². The number of primary amides is 1. The van der Waals surface area contributed by atoms with Gasteiger partial charge in [-0.1, -0.05) is 12.1 Å². The Morgan fingerprint density at radius 1 is 1.26 bits per heavy atom. The van der Waals surface area contributed by atoms with Crippen LogP contribution in [-0.4, -0.2) is 18.0 Å². The van der Waals surface area contributed by atoms with Crippen LogP contribution in [0.2, 0.25) is 0 Å². The van der Waals surface area contributed by atoms with Crippen LogP contribution in [0.3, 0.4) is 0 Å². The molecule has 134 valence electrons. The highest BCUT2D eigenvalue weighted by molar-refractivity contribution is 7.11. The van der Waals surface area contributed by atoms with Crippen LogP contribution in [0.25, 0.3) is 16.8 Å². The van der Waals surface area contributed by atoms with Crippen molar-refractivity contribution in [1.29, 1.82) is 5.26 Å². The molecule has 0 radical (unpaired) electrons. The van der Waals surface area contributed by atoms with Crippen LogP contribution in [-0.2, 0) is 0 Å². The normalized spacial score (nSPS) is 10.9. The molecule has 1 amide bonds. The van der Waals surface area contributed by atoms with Gasteiger partial charge in [-0.2, -0.15) is 5.26 Å². The van der Waals surface area contributed by atoms with E-state index < -0.39 is 5.91 Å². The maximum atomic E-state index is 11.5. The summed E-state index contributed by atoms with van der Waals surface area (Å²) in [6.45, 7) is 0. The molecule has 3 N–H and O–H groups in total. The molecule has 0 spiro atoms. The van der Waals surface area contributed by atoms with Crippen molar-refractivity contribution in [1.82, 2.24) is 4.98 Å². The molecule has 1 aromatic heterocycles. The zero-order valence-electron chi connectivity index (χ0n) is 14.5. The molecule has 2 aromatic carbocycles. The molecule has 0 aliphatic rings. The van der Waals surface area contributed by atoms with Crippen LogP contribution in [0.1, 0.15) is 15.4 Å². The molecule has 0 bridgehead atoms. The number of allylic oxidation sites excluding steroid dienone is 1. The number of para-hydroxylation sites is 1. The molecule has 1 heterocycles. The summed E-state index contributed by atoms with van der Waals surface area (Å²) in [5.74, 6) is 0.227. The van der Waals surface area contributed by atoms with Crippen molar-refractivity contribution in [3.05, 3.63) is 70.7 Å². The van der Waals surface area contributed by atoms with Gasteiger partial charge in [0.1, 0.15) is 22.4 Å². The fourth-order valence-corrected chi connectivity index (χ4v) is 3.20. The molecule has 3 aromatic rings. The monoisotopic (exact) mass is 376 g/mol. The Kier molecular flexibility index (Phi) is 5.50. The fraction of sp³-hybridized carbons (Fsp3) is 0.0500. The van der Waals surface area contributed by atoms with Crippen molar-refractivity contribution in [2.75, 3.05) is 12.4 Å². The third kappa shape index (κ3) is 4.14. The van der Waals surface area contributed by atoms with E-state index in [1.54, 1.807) is 31.4 Å². The van der Waals surface area contributed by atoms with Crippen LogP contribution in [0.5, 0.6) is 5.75 Å². The molecule has 7 heteroatoms. The summed E-state index contributed by atoms with van der Waals surface area (Å²) in [7, 11) is 1.61. The van der Waals surface area contributed by atoms with E-state index in [0.717, 1.165) is 17.0 Å². The number of hydrogen-bond acceptors (Lipinski definition) is 6. The van der Waals surface area contributed by atoms with Crippen molar-refractivity contribution in [3.8, 4) is 23.1 Å². The number of thiazole rings is 1. The highest BCUT2D eigenvalue weighted by Crippen LogP contribution is 2.27. The Morgan fingerprint density at radius 3 is 2.67 bits per heavy atom. The third-order valence-corrected chi connectivity index (χ3v) is 4.68. The zero-order valence-corrected chi connectivity index (χ0v) is 15.3. The minimum atomic E-state index is -0.541. The number of nitrogens with two attached hydrogens (primary N) is 1. The van der Waals surface area contributed by atoms with Crippen molar-refractivity contribution in [2.24, 2.45) is 5.73 Å². The number of rotatable bonds is 6. The smallest absolute Gasteiger partial charge is 0.250 e. The first-order valence-electron chi connectivity index (χ1n) is 7.98. The second-order valence-corrected chi connectivity index (χ2v) is 6.35. The predicted molar refractivity (Wildman–Crippen MR) is 106 cm³/mol. The number of ether oxygens (including phenoxy) is 1. The largest absolute Gasteiger partial charge is 0.497 e. The standard InChI is InChI=1S/C20H16N4O2S/c1-26-15-8-6-13(7-9-15)18-12-27-20(24-18)14(10-21)11-23-17-5-3-2-4-16(17)19(22)25/h2-9,11-12,23H,1H3,(H2,22,25)/b14-11-. The van der Waals surface area contributed by atoms with Gasteiger partial charge in [-0.3, -0.25) is 4.79 Å². The number of aromatic nitrogens is 1. The Labute approximate surface area is 160 Å². The Bertz CT molecular complexity index is 1030. The Hall–Kier alpha value is -3.63. The van der Waals surface area contributed by atoms with Crippen LogP contribution < -0.4 is 15.8 Å². The van der Waals surface area contributed by atoms with Crippen molar-refractivity contribution < 1.29 is 9.53 Å². The minimum absolute atomic E-state index is 0.351. The van der Waals surface area contributed by atoms with Gasteiger partial charge in [-0.05, 0) is 36.4 Å². The summed E-state index contributed by atoms with van der Waals surface area (Å²) < 4.78 is 5.16. The molecule has 3 rings (SSSR count). The molecule has 0 fully saturated rings. The number of nitrogens with zero attached hydrogens (tertiary/aromatic N) is 2. The van der Waals surface area contributed by atoms with Gasteiger partial charge in [0.15, 0.2) is 0 Å². The predicted octanol–water partition coefficient (Wildman–Crippen LogP) is 3.89. The quantitative estimate of drug-likeness (QED) is 0.636. The average Bonchev–Trinajstić information content (AvgIpc) is 3.19. The van der Waals surface area contributed by atoms with Crippen molar-refractivity contribution in [2.45, 2.75) is 0 Å². The first-order valence-corrected chi connectivity index (χ1v) is 8.86. The zero-order chi connectivity index (χ0) is 19.2. The van der Waals surface area contributed by atoms with E-state index in [2.05, 4.69) is 16.4 Å². The van der Waals surface area contributed by atoms with E-state index in [1.165, 1.54) is 17.5 Å². The van der Waals surface area contributed by atoms with Gasteiger partial charge in [0.2, 0.25) is 0 Å². The number of hydrogen-bond donors (Lipinski definition) is 2. The number of carbonyl (C=O) groups excluding carboxylic acids is 1. The lowest BCUT2D eigenvalue weighted by Gasteiger charge is -2.06. The van der Waals surface area contributed by atoms with Crippen LogP contribution in [0.4, 0.5) is 5.69 Å². The Morgan fingerprint density at radius 2 is 2.00 bits per heavy atom. The summed E-state index contributed by atoms with van der Waals surface area (Å²) in [5.41, 5.74) is 8.32. The van der Waals surface area contributed by atoms with Crippen molar-refractivity contribution in [3.63, 3.8) is 0 Å². The molecule has 0 saturated heterocycles. The first-order chi connectivity index (χ1) is 13.1. The second-order valence-electron chi connectivity index (χ2n) is 5.49. The molecule has 6 nitrogen and oxygen atoms in total. The first kappa shape index (κ1) is 18.2. The van der Waals surface area contributed by atoms with Gasteiger partial charge in [0.05, 0.1) is 24.1 Å². The van der Waals surface area contributed by atoms with E-state index in [9.17, 15) is 10.1 Å². The number of methoxy groups -OCH3 is 1. The molecule has 0 aliphatic carbocycles. The van der Waals surface area contributed by atoms with Crippen LogP contribution in [0, 0.1) is 11.3 Å². The molecular weight excluding hydrogens is 360 g/mol. The number of benzene rings is 2. The molecule has 0 aliphatic heterocycles. The Balaban J connectivity index is 1.84. The van der Waals surface area contributed by atoms with Crippen molar-refractivity contribution >= 4 is 28.5 Å². The lowest BCUT2D eigenvalue weighted by atomic mass is 10.1. The topological polar surface area (TPSA) is 101 Å². The maximum absolute atomic E-state index is 11.5. The lowest BCUT2D eigenvalue weighted by Crippen LogP contribution is -2.13. The third-order valence-electron chi connectivity index (χ3n) is 3.81. The van der Waals surface area contributed by atoms with E-state index >= 15 is 0 Å². The van der Waals surface area contributed by atoms with Gasteiger partial charge >= 0.3 is 0 Å². The maximum Gasteiger partial charge on any atom is 0.250 e. The summed E-state index contributed by atoms with van der Waals surface area (Å²) in [5, 5.41) is 14.9. The summed E-state index contributed by atoms with van der Waals surface area (Å²) in [4.78, 5) is 16.0. The van der Waals surface area contributed by atoms with Gasteiger partial charge < -0.3 is 15.8 Å². The molecule has 0 unspecified atom stereocenters. The molecule has 0 saturated carbocycles. The van der Waals surface area contributed by atoms with Gasteiger partial charge in [0.25, 0.3) is 5.91 Å². The van der Waals surface area contributed by atoms with Gasteiger partial charge in [0, 0.05) is 17.1 Å². The van der Waals surface area contributed by atoms with Gasteiger partial charge in [-0.15, -0.1) is 11.3 Å². The highest BCUT2D eigenvalue weighted by atomic mass is 32.1. The number of carbonyl (C=O) groups is 1. The number of amides is 1. The SMILES string of the molecule is COc1ccc(-c2csc(/C(C#N)=C\Nc3ccccc3C(N)=O)n2)cc1. The summed E-state index contributed by atoms with van der Waals surface area (Å²) >= 11 is 1.37. The molecule has 0 atom stereocenters. The summed E-state index contributed by atoms with van der Waals surface area (Å²) in [6, 6.07) is 16.5. The van der Waals surface area contributed by atoms with E-state index in [4.69, 9.17) is 10.5 Å². The number of anilines is 1. The molecule has 27 heavy (non-hydrogen) atoms. The fourth-order valence-electron chi connectivity index (χ4n) is 2.41. The van der Waals surface area contributed by atoms with E-state index in [0.29, 0.717) is 21.8 Å². The van der Waals surface area contributed by atoms with E-state index in [1.807, 2.05) is 29.6 Å². The molecular formula is C20H16N4O2S. The number of nitrogens with one attached hydrogen (secondary N) is 1. The lowest BCUT2D eigenvalue weighted by molar-refractivity contribution is 0.100. The highest BCUT2D eigenvalue weighted by Gasteiger charge is 2.10. The van der Waals surface area contributed by atoms with E-state index in [-0.39, 0.29) is 0 Å². The van der Waals surface area contributed by atoms with Crippen LogP contribution in [0.15, 0.2) is 60.1 Å².